The molecule has 8 heterocycles. The minimum atomic E-state index is -0.473. The highest BCUT2D eigenvalue weighted by molar-refractivity contribution is 5.83. The Morgan fingerprint density at radius 1 is 0.783 bits per heavy atom. The van der Waals surface area contributed by atoms with Crippen LogP contribution >= 0.6 is 0 Å². The molecule has 2 bridgehead atoms. The number of aromatic nitrogens is 5. The quantitative estimate of drug-likeness (QED) is 0.158. The molecule has 0 radical (unpaired) electrons. The van der Waals surface area contributed by atoms with Gasteiger partial charge in [-0.2, -0.15) is 5.10 Å². The van der Waals surface area contributed by atoms with Gasteiger partial charge in [0.1, 0.15) is 11.6 Å². The van der Waals surface area contributed by atoms with Crippen LogP contribution in [0.15, 0.2) is 79.8 Å². The Labute approximate surface area is 408 Å². The van der Waals surface area contributed by atoms with Gasteiger partial charge in [-0.25, -0.2) is 13.8 Å². The number of halogens is 2. The second kappa shape index (κ2) is 20.5. The first-order valence-electron chi connectivity index (χ1n) is 25.9. The Bertz CT molecular complexity index is 2650. The van der Waals surface area contributed by atoms with Crippen molar-refractivity contribution in [1.29, 1.82) is 0 Å². The normalized spacial score (nSPS) is 22.2. The number of imidazole rings is 1. The first-order chi connectivity index (χ1) is 33.4. The van der Waals surface area contributed by atoms with Crippen molar-refractivity contribution >= 4 is 28.4 Å². The average molecular weight is 938 g/mol. The summed E-state index contributed by atoms with van der Waals surface area (Å²) in [6.07, 6.45) is 13.4. The van der Waals surface area contributed by atoms with Crippen LogP contribution in [-0.4, -0.2) is 104 Å². The molecule has 0 spiro atoms. The third kappa shape index (κ3) is 10.6. The molecule has 69 heavy (non-hydrogen) atoms. The van der Waals surface area contributed by atoms with Crippen molar-refractivity contribution in [3.05, 3.63) is 120 Å². The number of piperidine rings is 3. The number of hydrogen-bond acceptors (Lipinski definition) is 9. The van der Waals surface area contributed by atoms with Gasteiger partial charge in [-0.15, -0.1) is 0 Å². The number of nitrogens with one attached hydrogen (secondary N) is 2. The first kappa shape index (κ1) is 47.3. The van der Waals surface area contributed by atoms with Gasteiger partial charge in [0.05, 0.1) is 22.9 Å². The maximum atomic E-state index is 15.4. The highest BCUT2D eigenvalue weighted by Crippen LogP contribution is 2.38. The number of allylic oxidation sites excluding steroid dienone is 2. The summed E-state index contributed by atoms with van der Waals surface area (Å²) in [6, 6.07) is 14.8. The number of pyridine rings is 1. The van der Waals surface area contributed by atoms with Gasteiger partial charge in [-0.3, -0.25) is 19.5 Å². The van der Waals surface area contributed by atoms with Crippen molar-refractivity contribution < 1.29 is 8.78 Å². The second-order valence-corrected chi connectivity index (χ2v) is 21.1. The van der Waals surface area contributed by atoms with E-state index in [1.807, 2.05) is 24.9 Å². The smallest absolute Gasteiger partial charge is 0.208 e. The highest BCUT2D eigenvalue weighted by Gasteiger charge is 2.31. The average Bonchev–Trinajstić information content (AvgIpc) is 3.87. The van der Waals surface area contributed by atoms with Crippen molar-refractivity contribution in [2.45, 2.75) is 110 Å². The molecular weight excluding hydrogens is 865 g/mol. The van der Waals surface area contributed by atoms with Crippen LogP contribution < -0.4 is 15.5 Å². The van der Waals surface area contributed by atoms with E-state index in [1.54, 1.807) is 0 Å². The van der Waals surface area contributed by atoms with Crippen molar-refractivity contribution in [3.8, 4) is 11.3 Å². The highest BCUT2D eigenvalue weighted by atomic mass is 19.1. The summed E-state index contributed by atoms with van der Waals surface area (Å²) in [5.74, 6) is 0.653. The van der Waals surface area contributed by atoms with Gasteiger partial charge in [0, 0.05) is 122 Å². The fourth-order valence-electron chi connectivity index (χ4n) is 12.1. The number of benzene rings is 2. The van der Waals surface area contributed by atoms with Gasteiger partial charge >= 0.3 is 0 Å². The van der Waals surface area contributed by atoms with Crippen molar-refractivity contribution in [2.24, 2.45) is 18.9 Å². The standard InChI is InChI=1S/C56H73F2N11/c1-37-9-7-8-10-53-48(34-59-64(53)6)52-31-44(29-39(3)61-52)40(4)62-56-63-51-14-12-43(30-54(51)69(56)35-37)36-66-21-18-45(19-22-66)68-27-25-65(26-28-68)20-15-42-16-23-67(24-17-42)46-32-49(57)55(50(58)33-46)47-13-11-38(2)60-41(47)5/h12,14,29-34,37,42,45,47,60H,2,4-5,7-11,13,15-28,35-36H2,1,3,6H3,(H,62,63)/t37-,47?/m1/s1. The monoisotopic (exact) mass is 938 g/mol. The molecule has 2 N–H and O–H groups in total. The van der Waals surface area contributed by atoms with Crippen molar-refractivity contribution in [1.82, 2.24) is 44.3 Å². The molecule has 11 nitrogen and oxygen atoms in total. The number of fused-ring (bicyclic) bond motifs is 7. The van der Waals surface area contributed by atoms with Crippen LogP contribution in [0.1, 0.15) is 105 Å². The maximum absolute atomic E-state index is 15.4. The summed E-state index contributed by atoms with van der Waals surface area (Å²) in [5, 5.41) is 11.4. The zero-order valence-corrected chi connectivity index (χ0v) is 41.4. The largest absolute Gasteiger partial charge is 0.371 e. The Hall–Kier alpha value is -5.37. The number of rotatable bonds is 8. The number of nitrogens with zero attached hydrogens (tertiary/aromatic N) is 9. The van der Waals surface area contributed by atoms with Crippen LogP contribution in [0.4, 0.5) is 20.4 Å². The van der Waals surface area contributed by atoms with Gasteiger partial charge in [0.2, 0.25) is 5.95 Å². The van der Waals surface area contributed by atoms with Crippen LogP contribution in [0.25, 0.3) is 28.0 Å². The lowest BCUT2D eigenvalue weighted by Gasteiger charge is -2.43. The van der Waals surface area contributed by atoms with Gasteiger partial charge in [0.15, 0.2) is 0 Å². The minimum absolute atomic E-state index is 0.128. The number of likely N-dealkylation sites (tertiary alicyclic amines) is 1. The Morgan fingerprint density at radius 2 is 1.55 bits per heavy atom. The number of anilines is 2. The van der Waals surface area contributed by atoms with Crippen LogP contribution in [0.5, 0.6) is 0 Å². The molecule has 2 atom stereocenters. The molecule has 366 valence electrons. The molecule has 3 aromatic heterocycles. The van der Waals surface area contributed by atoms with E-state index >= 15 is 8.78 Å². The molecule has 4 saturated heterocycles. The fraction of sp³-hybridized carbons (Fsp3) is 0.518. The molecule has 4 fully saturated rings. The van der Waals surface area contributed by atoms with Crippen LogP contribution in [0.3, 0.4) is 0 Å². The molecule has 1 unspecified atom stereocenters. The number of hydrogen-bond donors (Lipinski definition) is 2. The van der Waals surface area contributed by atoms with Crippen LogP contribution in [0, 0.1) is 30.4 Å². The number of aryl methyl sites for hydroxylation is 2. The van der Waals surface area contributed by atoms with Gasteiger partial charge in [0.25, 0.3) is 0 Å². The summed E-state index contributed by atoms with van der Waals surface area (Å²) in [5.41, 5.74) is 11.8. The lowest BCUT2D eigenvalue weighted by Crippen LogP contribution is -2.53. The predicted octanol–water partition coefficient (Wildman–Crippen LogP) is 10.2. The maximum Gasteiger partial charge on any atom is 0.208 e. The van der Waals surface area contributed by atoms with Gasteiger partial charge in [-0.05, 0) is 145 Å². The third-order valence-corrected chi connectivity index (χ3v) is 16.2. The Balaban J connectivity index is 0.695. The molecule has 5 aromatic rings. The molecular formula is C56H73F2N11. The summed E-state index contributed by atoms with van der Waals surface area (Å²) >= 11 is 0. The first-order valence-corrected chi connectivity index (χ1v) is 25.9. The van der Waals surface area contributed by atoms with E-state index < -0.39 is 11.6 Å². The lowest BCUT2D eigenvalue weighted by atomic mass is 9.87. The Morgan fingerprint density at radius 3 is 2.30 bits per heavy atom. The van der Waals surface area contributed by atoms with E-state index in [1.165, 1.54) is 48.2 Å². The van der Waals surface area contributed by atoms with Crippen molar-refractivity contribution in [3.63, 3.8) is 0 Å². The van der Waals surface area contributed by atoms with E-state index in [0.717, 1.165) is 156 Å². The summed E-state index contributed by atoms with van der Waals surface area (Å²) in [7, 11) is 2.04. The van der Waals surface area contributed by atoms with Crippen LogP contribution in [0.2, 0.25) is 0 Å². The van der Waals surface area contributed by atoms with Gasteiger partial charge in [-0.1, -0.05) is 39.1 Å². The predicted molar refractivity (Wildman–Crippen MR) is 276 cm³/mol. The van der Waals surface area contributed by atoms with E-state index in [2.05, 4.69) is 96.9 Å². The minimum Gasteiger partial charge on any atom is -0.371 e. The molecule has 10 rings (SSSR count). The molecule has 5 aliphatic heterocycles. The summed E-state index contributed by atoms with van der Waals surface area (Å²) in [6.45, 7) is 28.3. The second-order valence-electron chi connectivity index (χ2n) is 21.1. The fourth-order valence-corrected chi connectivity index (χ4v) is 12.1. The lowest BCUT2D eigenvalue weighted by molar-refractivity contribution is 0.0552. The zero-order chi connectivity index (χ0) is 47.8. The van der Waals surface area contributed by atoms with Crippen molar-refractivity contribution in [2.75, 3.05) is 69.1 Å². The summed E-state index contributed by atoms with van der Waals surface area (Å²) in [4.78, 5) is 20.3. The topological polar surface area (TPSA) is 85.5 Å². The van der Waals surface area contributed by atoms with E-state index in [4.69, 9.17) is 9.97 Å². The molecule has 5 aliphatic rings. The summed E-state index contributed by atoms with van der Waals surface area (Å²) < 4.78 is 35.2. The molecule has 0 amide bonds. The van der Waals surface area contributed by atoms with E-state index in [0.29, 0.717) is 42.1 Å². The van der Waals surface area contributed by atoms with E-state index in [-0.39, 0.29) is 11.5 Å². The molecule has 0 aliphatic carbocycles. The zero-order valence-electron chi connectivity index (χ0n) is 41.4. The molecule has 13 heteroatoms. The Kier molecular flexibility index (Phi) is 14.1. The third-order valence-electron chi connectivity index (χ3n) is 16.2. The van der Waals surface area contributed by atoms with Gasteiger partial charge < -0.3 is 25.0 Å². The SMILES string of the molecule is C=C1CCC(c2c(F)cc(N3CCC(CCN4CCN(C5CCN(Cc6ccc7nc8n(c7c6)C[C@H](C)CCCCc6c(cnn6C)-c6cc(cc(C)n6)C(=C)N8)CC5)CC4)CC3)cc2F)C(=C)N1. The molecule has 2 aromatic carbocycles. The molecule has 0 saturated carbocycles. The van der Waals surface area contributed by atoms with Crippen LogP contribution in [-0.2, 0) is 26.6 Å². The van der Waals surface area contributed by atoms with E-state index in [9.17, 15) is 0 Å². The number of piperazine rings is 1.